The summed E-state index contributed by atoms with van der Waals surface area (Å²) in [5.74, 6) is 0. The minimum absolute atomic E-state index is 0.216. The fourth-order valence-electron chi connectivity index (χ4n) is 3.09. The molecular formula is C19H30N2O2. The third-order valence-electron chi connectivity index (χ3n) is 4.56. The van der Waals surface area contributed by atoms with E-state index in [9.17, 15) is 4.79 Å². The number of hydrogen-bond acceptors (Lipinski definition) is 3. The lowest BCUT2D eigenvalue weighted by molar-refractivity contribution is 0.0134. The number of amides is 1. The van der Waals surface area contributed by atoms with Gasteiger partial charge in [-0.3, -0.25) is 4.90 Å². The number of carbonyl (C=O) groups is 1. The summed E-state index contributed by atoms with van der Waals surface area (Å²) in [6, 6.07) is 11.3. The molecule has 0 aromatic heterocycles. The van der Waals surface area contributed by atoms with E-state index in [0.29, 0.717) is 6.04 Å². The summed E-state index contributed by atoms with van der Waals surface area (Å²) in [6.45, 7) is 9.99. The Morgan fingerprint density at radius 1 is 1.22 bits per heavy atom. The number of benzene rings is 1. The molecule has 1 atom stereocenters. The number of carbonyl (C=O) groups excluding carboxylic acids is 1. The molecule has 1 heterocycles. The fourth-order valence-corrected chi connectivity index (χ4v) is 3.09. The van der Waals surface area contributed by atoms with Gasteiger partial charge in [0.05, 0.1) is 0 Å². The van der Waals surface area contributed by atoms with Crippen LogP contribution < -0.4 is 0 Å². The lowest BCUT2D eigenvalue weighted by Crippen LogP contribution is -2.47. The van der Waals surface area contributed by atoms with Crippen LogP contribution in [-0.2, 0) is 4.74 Å². The largest absolute Gasteiger partial charge is 0.444 e. The molecule has 0 spiro atoms. The molecular weight excluding hydrogens is 288 g/mol. The molecule has 1 unspecified atom stereocenters. The highest BCUT2D eigenvalue weighted by Crippen LogP contribution is 2.26. The average Bonchev–Trinajstić information content (AvgIpc) is 2.53. The molecule has 23 heavy (non-hydrogen) atoms. The van der Waals surface area contributed by atoms with E-state index in [2.05, 4.69) is 42.2 Å². The molecule has 1 saturated heterocycles. The second-order valence-electron chi connectivity index (χ2n) is 7.45. The topological polar surface area (TPSA) is 32.8 Å². The standard InChI is InChI=1S/C19H30N2O2/c1-15(16-9-7-6-8-10-16)21-13-11-17(12-14-21)20(5)18(22)23-19(2,3)4/h6-10,15,17H,11-14H2,1-5H3. The second-order valence-corrected chi connectivity index (χ2v) is 7.45. The quantitative estimate of drug-likeness (QED) is 0.842. The average molecular weight is 318 g/mol. The van der Waals surface area contributed by atoms with E-state index in [1.165, 1.54) is 5.56 Å². The van der Waals surface area contributed by atoms with Crippen molar-refractivity contribution in [3.63, 3.8) is 0 Å². The molecule has 2 rings (SSSR count). The van der Waals surface area contributed by atoms with Crippen molar-refractivity contribution in [1.29, 1.82) is 0 Å². The molecule has 0 aliphatic carbocycles. The normalized spacial score (nSPS) is 18.5. The van der Waals surface area contributed by atoms with Crippen molar-refractivity contribution in [2.24, 2.45) is 0 Å². The Balaban J connectivity index is 1.87. The Hall–Kier alpha value is -1.55. The maximum atomic E-state index is 12.2. The van der Waals surface area contributed by atoms with Crippen molar-refractivity contribution in [3.8, 4) is 0 Å². The van der Waals surface area contributed by atoms with Gasteiger partial charge >= 0.3 is 6.09 Å². The van der Waals surface area contributed by atoms with Gasteiger partial charge in [0.2, 0.25) is 0 Å². The Morgan fingerprint density at radius 2 is 1.78 bits per heavy atom. The predicted octanol–water partition coefficient (Wildman–Crippen LogP) is 4.08. The third-order valence-corrected chi connectivity index (χ3v) is 4.56. The summed E-state index contributed by atoms with van der Waals surface area (Å²) < 4.78 is 5.47. The number of ether oxygens (including phenoxy) is 1. The molecule has 1 aromatic rings. The summed E-state index contributed by atoms with van der Waals surface area (Å²) in [5, 5.41) is 0. The molecule has 0 radical (unpaired) electrons. The van der Waals surface area contributed by atoms with Crippen LogP contribution >= 0.6 is 0 Å². The third kappa shape index (κ3) is 4.96. The molecule has 1 aliphatic heterocycles. The van der Waals surface area contributed by atoms with Crippen LogP contribution in [0, 0.1) is 0 Å². The zero-order valence-corrected chi connectivity index (χ0v) is 15.1. The highest BCUT2D eigenvalue weighted by molar-refractivity contribution is 5.68. The lowest BCUT2D eigenvalue weighted by Gasteiger charge is -2.39. The minimum atomic E-state index is -0.437. The molecule has 4 heteroatoms. The molecule has 1 amide bonds. The van der Waals surface area contributed by atoms with Crippen molar-refractivity contribution in [2.75, 3.05) is 20.1 Å². The van der Waals surface area contributed by atoms with Gasteiger partial charge in [0, 0.05) is 32.2 Å². The van der Waals surface area contributed by atoms with Crippen molar-refractivity contribution < 1.29 is 9.53 Å². The smallest absolute Gasteiger partial charge is 0.410 e. The van der Waals surface area contributed by atoms with E-state index >= 15 is 0 Å². The van der Waals surface area contributed by atoms with E-state index in [-0.39, 0.29) is 12.1 Å². The van der Waals surface area contributed by atoms with E-state index in [4.69, 9.17) is 4.74 Å². The highest BCUT2D eigenvalue weighted by Gasteiger charge is 2.30. The number of piperidine rings is 1. The first-order valence-corrected chi connectivity index (χ1v) is 8.53. The maximum absolute atomic E-state index is 12.2. The van der Waals surface area contributed by atoms with Crippen molar-refractivity contribution in [3.05, 3.63) is 35.9 Å². The van der Waals surface area contributed by atoms with Gasteiger partial charge in [-0.25, -0.2) is 4.79 Å². The number of rotatable bonds is 3. The molecule has 0 bridgehead atoms. The number of hydrogen-bond donors (Lipinski definition) is 0. The predicted molar refractivity (Wildman–Crippen MR) is 93.4 cm³/mol. The van der Waals surface area contributed by atoms with Gasteiger partial charge in [0.1, 0.15) is 5.60 Å². The molecule has 1 aromatic carbocycles. The van der Waals surface area contributed by atoms with Crippen molar-refractivity contribution >= 4 is 6.09 Å². The summed E-state index contributed by atoms with van der Waals surface area (Å²) >= 11 is 0. The Kier molecular flexibility index (Phi) is 5.69. The van der Waals surface area contributed by atoms with Crippen LogP contribution in [0.1, 0.15) is 52.1 Å². The van der Waals surface area contributed by atoms with Gasteiger partial charge in [-0.05, 0) is 46.1 Å². The number of nitrogens with zero attached hydrogens (tertiary/aromatic N) is 2. The van der Waals surface area contributed by atoms with Crippen LogP contribution in [0.5, 0.6) is 0 Å². The maximum Gasteiger partial charge on any atom is 0.410 e. The first-order chi connectivity index (χ1) is 10.8. The summed E-state index contributed by atoms with van der Waals surface area (Å²) in [7, 11) is 1.86. The van der Waals surface area contributed by atoms with E-state index in [0.717, 1.165) is 25.9 Å². The van der Waals surface area contributed by atoms with Crippen LogP contribution in [0.2, 0.25) is 0 Å². The van der Waals surface area contributed by atoms with E-state index in [1.54, 1.807) is 4.90 Å². The zero-order chi connectivity index (χ0) is 17.0. The molecule has 4 nitrogen and oxygen atoms in total. The van der Waals surface area contributed by atoms with Crippen LogP contribution in [0.15, 0.2) is 30.3 Å². The highest BCUT2D eigenvalue weighted by atomic mass is 16.6. The zero-order valence-electron chi connectivity index (χ0n) is 15.1. The second kappa shape index (κ2) is 7.35. The van der Waals surface area contributed by atoms with Gasteiger partial charge < -0.3 is 9.64 Å². The van der Waals surface area contributed by atoms with Crippen molar-refractivity contribution in [1.82, 2.24) is 9.80 Å². The molecule has 1 aliphatic rings. The van der Waals surface area contributed by atoms with Crippen LogP contribution in [-0.4, -0.2) is 47.7 Å². The lowest BCUT2D eigenvalue weighted by atomic mass is 9.99. The van der Waals surface area contributed by atoms with Gasteiger partial charge in [-0.1, -0.05) is 30.3 Å². The van der Waals surface area contributed by atoms with Crippen LogP contribution in [0.4, 0.5) is 4.79 Å². The number of likely N-dealkylation sites (tertiary alicyclic amines) is 1. The van der Waals surface area contributed by atoms with E-state index in [1.807, 2.05) is 27.8 Å². The summed E-state index contributed by atoms with van der Waals surface area (Å²) in [6.07, 6.45) is 1.77. The SMILES string of the molecule is CC(c1ccccc1)N1CCC(N(C)C(=O)OC(C)(C)C)CC1. The van der Waals surface area contributed by atoms with Crippen LogP contribution in [0.3, 0.4) is 0 Å². The molecule has 0 N–H and O–H groups in total. The Labute approximate surface area is 140 Å². The van der Waals surface area contributed by atoms with Gasteiger partial charge in [-0.15, -0.1) is 0 Å². The fraction of sp³-hybridized carbons (Fsp3) is 0.632. The van der Waals surface area contributed by atoms with Gasteiger partial charge in [0.25, 0.3) is 0 Å². The molecule has 1 fully saturated rings. The summed E-state index contributed by atoms with van der Waals surface area (Å²) in [5.41, 5.74) is 0.917. The van der Waals surface area contributed by atoms with Crippen molar-refractivity contribution in [2.45, 2.75) is 58.2 Å². The monoisotopic (exact) mass is 318 g/mol. The Bertz CT molecular complexity index is 502. The minimum Gasteiger partial charge on any atom is -0.444 e. The van der Waals surface area contributed by atoms with Crippen LogP contribution in [0.25, 0.3) is 0 Å². The molecule has 0 saturated carbocycles. The Morgan fingerprint density at radius 3 is 2.30 bits per heavy atom. The van der Waals surface area contributed by atoms with Gasteiger partial charge in [-0.2, -0.15) is 0 Å². The summed E-state index contributed by atoms with van der Waals surface area (Å²) in [4.78, 5) is 16.5. The van der Waals surface area contributed by atoms with E-state index < -0.39 is 5.60 Å². The molecule has 128 valence electrons. The van der Waals surface area contributed by atoms with Gasteiger partial charge in [0.15, 0.2) is 0 Å². The first-order valence-electron chi connectivity index (χ1n) is 8.53. The first kappa shape index (κ1) is 17.8.